The highest BCUT2D eigenvalue weighted by molar-refractivity contribution is 9.10. The maximum absolute atomic E-state index is 3.70. The maximum Gasteiger partial charge on any atom is 0.0465 e. The van der Waals surface area contributed by atoms with E-state index in [4.69, 9.17) is 0 Å². The van der Waals surface area contributed by atoms with Gasteiger partial charge in [0.1, 0.15) is 0 Å². The first-order valence-corrected chi connectivity index (χ1v) is 14.8. The molecule has 2 heteroatoms. The summed E-state index contributed by atoms with van der Waals surface area (Å²) in [5.41, 5.74) is 13.6. The standard InChI is InChI=1S/C39H30BrN/c1-39(2)37-25-31(40)17-23-35(37)36-24-22-34(26-38(36)39)41(32-18-13-29(14-19-32)27-9-5-3-6-10-27)33-20-15-30(16-21-33)28-11-7-4-8-12-28/h3-26H,1-2H3. The third-order valence-electron chi connectivity index (χ3n) is 8.35. The molecule has 0 saturated heterocycles. The summed E-state index contributed by atoms with van der Waals surface area (Å²) in [6.07, 6.45) is 0. The minimum Gasteiger partial charge on any atom is -0.310 e. The summed E-state index contributed by atoms with van der Waals surface area (Å²) in [5, 5.41) is 0. The summed E-state index contributed by atoms with van der Waals surface area (Å²) in [6, 6.07) is 52.6. The predicted octanol–water partition coefficient (Wildman–Crippen LogP) is 11.6. The fourth-order valence-electron chi connectivity index (χ4n) is 6.15. The number of hydrogen-bond donors (Lipinski definition) is 0. The van der Waals surface area contributed by atoms with E-state index in [0.29, 0.717) is 0 Å². The van der Waals surface area contributed by atoms with Crippen molar-refractivity contribution in [3.63, 3.8) is 0 Å². The summed E-state index contributed by atoms with van der Waals surface area (Å²) in [6.45, 7) is 4.67. The Bertz CT molecular complexity index is 1750. The molecule has 6 aromatic rings. The Morgan fingerprint density at radius 1 is 0.439 bits per heavy atom. The van der Waals surface area contributed by atoms with Gasteiger partial charge in [0.15, 0.2) is 0 Å². The van der Waals surface area contributed by atoms with Crippen LogP contribution in [-0.4, -0.2) is 0 Å². The lowest BCUT2D eigenvalue weighted by molar-refractivity contribution is 0.660. The first kappa shape index (κ1) is 25.6. The van der Waals surface area contributed by atoms with Crippen molar-refractivity contribution in [1.82, 2.24) is 0 Å². The van der Waals surface area contributed by atoms with Gasteiger partial charge in [0.05, 0.1) is 0 Å². The minimum absolute atomic E-state index is 0.0928. The molecule has 198 valence electrons. The molecule has 0 N–H and O–H groups in total. The van der Waals surface area contributed by atoms with Gasteiger partial charge < -0.3 is 4.90 Å². The van der Waals surface area contributed by atoms with Crippen LogP contribution < -0.4 is 4.90 Å². The van der Waals surface area contributed by atoms with Gasteiger partial charge in [-0.3, -0.25) is 0 Å². The smallest absolute Gasteiger partial charge is 0.0465 e. The Balaban J connectivity index is 1.34. The number of benzene rings is 6. The van der Waals surface area contributed by atoms with Crippen LogP contribution in [0.2, 0.25) is 0 Å². The van der Waals surface area contributed by atoms with Gasteiger partial charge in [0.2, 0.25) is 0 Å². The average molecular weight is 593 g/mol. The van der Waals surface area contributed by atoms with Gasteiger partial charge in [0.25, 0.3) is 0 Å². The van der Waals surface area contributed by atoms with Gasteiger partial charge in [-0.05, 0) is 93.0 Å². The SMILES string of the molecule is CC1(C)c2cc(Br)ccc2-c2ccc(N(c3ccc(-c4ccccc4)cc3)c3ccc(-c4ccccc4)cc3)cc21. The van der Waals surface area contributed by atoms with Crippen molar-refractivity contribution in [2.24, 2.45) is 0 Å². The highest BCUT2D eigenvalue weighted by Crippen LogP contribution is 2.51. The largest absolute Gasteiger partial charge is 0.310 e. The third-order valence-corrected chi connectivity index (χ3v) is 8.84. The highest BCUT2D eigenvalue weighted by Gasteiger charge is 2.36. The zero-order valence-electron chi connectivity index (χ0n) is 23.2. The molecule has 0 unspecified atom stereocenters. The van der Waals surface area contributed by atoms with Crippen molar-refractivity contribution in [3.05, 3.63) is 161 Å². The second-order valence-corrected chi connectivity index (χ2v) is 12.1. The van der Waals surface area contributed by atoms with E-state index in [0.717, 1.165) is 21.5 Å². The fraction of sp³-hybridized carbons (Fsp3) is 0.0769. The van der Waals surface area contributed by atoms with Gasteiger partial charge >= 0.3 is 0 Å². The molecule has 0 bridgehead atoms. The van der Waals surface area contributed by atoms with Crippen molar-refractivity contribution < 1.29 is 0 Å². The Labute approximate surface area is 250 Å². The van der Waals surface area contributed by atoms with Gasteiger partial charge in [-0.2, -0.15) is 0 Å². The maximum atomic E-state index is 3.70. The number of anilines is 3. The van der Waals surface area contributed by atoms with Gasteiger partial charge in [-0.15, -0.1) is 0 Å². The lowest BCUT2D eigenvalue weighted by atomic mass is 9.82. The van der Waals surface area contributed by atoms with E-state index >= 15 is 0 Å². The molecule has 1 aliphatic rings. The van der Waals surface area contributed by atoms with Crippen molar-refractivity contribution in [2.45, 2.75) is 19.3 Å². The van der Waals surface area contributed by atoms with E-state index < -0.39 is 0 Å². The molecule has 0 amide bonds. The molecule has 7 rings (SSSR count). The lowest BCUT2D eigenvalue weighted by Crippen LogP contribution is -2.16. The predicted molar refractivity (Wildman–Crippen MR) is 177 cm³/mol. The van der Waals surface area contributed by atoms with Crippen molar-refractivity contribution in [1.29, 1.82) is 0 Å². The Hall–Kier alpha value is -4.40. The number of hydrogen-bond acceptors (Lipinski definition) is 1. The summed E-state index contributed by atoms with van der Waals surface area (Å²) >= 11 is 3.70. The molecule has 0 radical (unpaired) electrons. The van der Waals surface area contributed by atoms with Crippen molar-refractivity contribution >= 4 is 33.0 Å². The van der Waals surface area contributed by atoms with Crippen LogP contribution in [0.15, 0.2) is 150 Å². The second-order valence-electron chi connectivity index (χ2n) is 11.2. The van der Waals surface area contributed by atoms with Gasteiger partial charge in [0, 0.05) is 26.9 Å². The minimum atomic E-state index is -0.0928. The van der Waals surface area contributed by atoms with E-state index in [1.54, 1.807) is 0 Å². The monoisotopic (exact) mass is 591 g/mol. The Morgan fingerprint density at radius 2 is 0.854 bits per heavy atom. The van der Waals surface area contributed by atoms with Crippen LogP contribution in [0.5, 0.6) is 0 Å². The Kier molecular flexibility index (Phi) is 6.37. The van der Waals surface area contributed by atoms with Crippen LogP contribution in [0, 0.1) is 0 Å². The molecule has 0 aromatic heterocycles. The molecular formula is C39H30BrN. The summed E-state index contributed by atoms with van der Waals surface area (Å²) in [5.74, 6) is 0. The highest BCUT2D eigenvalue weighted by atomic mass is 79.9. The average Bonchev–Trinajstić information content (AvgIpc) is 3.24. The molecular weight excluding hydrogens is 562 g/mol. The molecule has 0 atom stereocenters. The molecule has 0 spiro atoms. The normalized spacial score (nSPS) is 13.0. The lowest BCUT2D eigenvalue weighted by Gasteiger charge is -2.28. The van der Waals surface area contributed by atoms with E-state index in [1.165, 1.54) is 44.5 Å². The molecule has 1 nitrogen and oxygen atoms in total. The van der Waals surface area contributed by atoms with E-state index in [9.17, 15) is 0 Å². The van der Waals surface area contributed by atoms with E-state index in [1.807, 2.05) is 0 Å². The van der Waals surface area contributed by atoms with Crippen LogP contribution in [0.25, 0.3) is 33.4 Å². The number of halogens is 1. The molecule has 41 heavy (non-hydrogen) atoms. The van der Waals surface area contributed by atoms with Crippen molar-refractivity contribution in [2.75, 3.05) is 4.90 Å². The molecule has 0 saturated carbocycles. The number of rotatable bonds is 5. The van der Waals surface area contributed by atoms with Crippen LogP contribution in [0.1, 0.15) is 25.0 Å². The van der Waals surface area contributed by atoms with E-state index in [-0.39, 0.29) is 5.41 Å². The first-order chi connectivity index (χ1) is 20.0. The molecule has 0 fully saturated rings. The van der Waals surface area contributed by atoms with Gasteiger partial charge in [-0.25, -0.2) is 0 Å². The number of fused-ring (bicyclic) bond motifs is 3. The molecule has 0 heterocycles. The molecule has 6 aromatic carbocycles. The zero-order chi connectivity index (χ0) is 28.0. The Morgan fingerprint density at radius 3 is 1.37 bits per heavy atom. The second kappa shape index (κ2) is 10.2. The molecule has 0 aliphatic heterocycles. The summed E-state index contributed by atoms with van der Waals surface area (Å²) < 4.78 is 1.12. The zero-order valence-corrected chi connectivity index (χ0v) is 24.8. The van der Waals surface area contributed by atoms with Crippen LogP contribution in [0.4, 0.5) is 17.1 Å². The third kappa shape index (κ3) is 4.59. The fourth-order valence-corrected chi connectivity index (χ4v) is 6.51. The van der Waals surface area contributed by atoms with Crippen LogP contribution >= 0.6 is 15.9 Å². The van der Waals surface area contributed by atoms with Gasteiger partial charge in [-0.1, -0.05) is 127 Å². The molecule has 1 aliphatic carbocycles. The summed E-state index contributed by atoms with van der Waals surface area (Å²) in [4.78, 5) is 2.37. The quantitative estimate of drug-likeness (QED) is 0.193. The van der Waals surface area contributed by atoms with Crippen molar-refractivity contribution in [3.8, 4) is 33.4 Å². The van der Waals surface area contributed by atoms with Crippen LogP contribution in [-0.2, 0) is 5.41 Å². The van der Waals surface area contributed by atoms with Crippen LogP contribution in [0.3, 0.4) is 0 Å². The van der Waals surface area contributed by atoms with E-state index in [2.05, 4.69) is 180 Å². The topological polar surface area (TPSA) is 3.24 Å². The summed E-state index contributed by atoms with van der Waals surface area (Å²) in [7, 11) is 0. The first-order valence-electron chi connectivity index (χ1n) is 14.0. The number of nitrogens with zero attached hydrogens (tertiary/aromatic N) is 1.